The smallest absolute Gasteiger partial charge is 0.240 e. The van der Waals surface area contributed by atoms with Crippen molar-refractivity contribution in [2.45, 2.75) is 45.6 Å². The van der Waals surface area contributed by atoms with Crippen molar-refractivity contribution in [3.63, 3.8) is 0 Å². The first kappa shape index (κ1) is 20.2. The lowest BCUT2D eigenvalue weighted by molar-refractivity contribution is -0.136. The SMILES string of the molecule is Cc1cc2occ(CC(=O)N3CCC4(CC3)NCC(C)(C)CNC4=O)c2cc1Cl. The van der Waals surface area contributed by atoms with Gasteiger partial charge in [0.25, 0.3) is 0 Å². The van der Waals surface area contributed by atoms with Crippen LogP contribution in [0, 0.1) is 12.3 Å². The lowest BCUT2D eigenvalue weighted by Gasteiger charge is -2.40. The molecule has 0 atom stereocenters. The summed E-state index contributed by atoms with van der Waals surface area (Å²) in [7, 11) is 0. The molecule has 1 spiro atoms. The first-order valence-electron chi connectivity index (χ1n) is 10.2. The number of nitrogens with one attached hydrogen (secondary N) is 2. The van der Waals surface area contributed by atoms with Crippen LogP contribution in [0.2, 0.25) is 5.02 Å². The summed E-state index contributed by atoms with van der Waals surface area (Å²) in [5.41, 5.74) is 1.99. The fraction of sp³-hybridized carbons (Fsp3) is 0.545. The number of hydrogen-bond acceptors (Lipinski definition) is 4. The van der Waals surface area contributed by atoms with E-state index in [9.17, 15) is 9.59 Å². The molecule has 29 heavy (non-hydrogen) atoms. The minimum atomic E-state index is -0.571. The van der Waals surface area contributed by atoms with Gasteiger partial charge in [-0.3, -0.25) is 9.59 Å². The van der Waals surface area contributed by atoms with E-state index >= 15 is 0 Å². The van der Waals surface area contributed by atoms with Crippen LogP contribution in [0.4, 0.5) is 0 Å². The lowest BCUT2D eigenvalue weighted by Crippen LogP contribution is -2.61. The summed E-state index contributed by atoms with van der Waals surface area (Å²) < 4.78 is 5.62. The normalized spacial score (nSPS) is 21.2. The maximum absolute atomic E-state index is 12.9. The summed E-state index contributed by atoms with van der Waals surface area (Å²) in [6, 6.07) is 3.76. The average Bonchev–Trinajstić information content (AvgIpc) is 3.02. The van der Waals surface area contributed by atoms with Crippen molar-refractivity contribution in [2.24, 2.45) is 5.41 Å². The molecule has 4 rings (SSSR count). The van der Waals surface area contributed by atoms with Gasteiger partial charge in [0.05, 0.1) is 12.7 Å². The number of carbonyl (C=O) groups is 2. The van der Waals surface area contributed by atoms with Gasteiger partial charge in [-0.25, -0.2) is 0 Å². The molecule has 2 amide bonds. The van der Waals surface area contributed by atoms with Crippen LogP contribution in [-0.2, 0) is 16.0 Å². The molecule has 2 saturated heterocycles. The second-order valence-electron chi connectivity index (χ2n) is 9.20. The van der Waals surface area contributed by atoms with E-state index in [1.54, 1.807) is 6.26 Å². The summed E-state index contributed by atoms with van der Waals surface area (Å²) in [4.78, 5) is 27.5. The van der Waals surface area contributed by atoms with Gasteiger partial charge in [0.15, 0.2) is 0 Å². The maximum Gasteiger partial charge on any atom is 0.240 e. The zero-order valence-electron chi connectivity index (χ0n) is 17.2. The minimum absolute atomic E-state index is 0.0219. The molecular formula is C22H28ClN3O3. The number of nitrogens with zero attached hydrogens (tertiary/aromatic N) is 1. The number of hydrogen-bond donors (Lipinski definition) is 2. The van der Waals surface area contributed by atoms with Crippen LogP contribution < -0.4 is 10.6 Å². The Balaban J connectivity index is 1.43. The number of carbonyl (C=O) groups excluding carboxylic acids is 2. The molecular weight excluding hydrogens is 390 g/mol. The van der Waals surface area contributed by atoms with Crippen molar-refractivity contribution in [3.05, 3.63) is 34.5 Å². The predicted octanol–water partition coefficient (Wildman–Crippen LogP) is 3.04. The molecule has 2 aliphatic heterocycles. The fourth-order valence-corrected chi connectivity index (χ4v) is 4.36. The number of benzene rings is 1. The molecule has 2 aromatic rings. The van der Waals surface area contributed by atoms with E-state index in [1.165, 1.54) is 0 Å². The van der Waals surface area contributed by atoms with Crippen LogP contribution in [0.5, 0.6) is 0 Å². The van der Waals surface area contributed by atoms with E-state index in [-0.39, 0.29) is 23.7 Å². The van der Waals surface area contributed by atoms with Crippen molar-refractivity contribution < 1.29 is 14.0 Å². The van der Waals surface area contributed by atoms with E-state index in [0.717, 1.165) is 28.6 Å². The van der Waals surface area contributed by atoms with E-state index in [2.05, 4.69) is 24.5 Å². The largest absolute Gasteiger partial charge is 0.464 e. The van der Waals surface area contributed by atoms with Crippen LogP contribution in [0.15, 0.2) is 22.8 Å². The molecule has 1 aromatic heterocycles. The third-order valence-corrected chi connectivity index (χ3v) is 6.72. The quantitative estimate of drug-likeness (QED) is 0.787. The first-order chi connectivity index (χ1) is 13.7. The molecule has 0 bridgehead atoms. The Hall–Kier alpha value is -2.05. The number of piperidine rings is 1. The van der Waals surface area contributed by atoms with Crippen LogP contribution in [0.1, 0.15) is 37.8 Å². The second-order valence-corrected chi connectivity index (χ2v) is 9.61. The Bertz CT molecular complexity index is 958. The fourth-order valence-electron chi connectivity index (χ4n) is 4.19. The summed E-state index contributed by atoms with van der Waals surface area (Å²) in [5, 5.41) is 8.13. The topological polar surface area (TPSA) is 74.6 Å². The van der Waals surface area contributed by atoms with Gasteiger partial charge in [-0.1, -0.05) is 25.4 Å². The molecule has 2 aliphatic rings. The molecule has 0 saturated carbocycles. The zero-order valence-corrected chi connectivity index (χ0v) is 18.0. The molecule has 156 valence electrons. The second kappa shape index (κ2) is 7.33. The minimum Gasteiger partial charge on any atom is -0.464 e. The van der Waals surface area contributed by atoms with Crippen LogP contribution >= 0.6 is 11.6 Å². The number of fused-ring (bicyclic) bond motifs is 1. The first-order valence-corrected chi connectivity index (χ1v) is 10.5. The van der Waals surface area contributed by atoms with Crippen molar-refractivity contribution in [1.82, 2.24) is 15.5 Å². The number of amides is 2. The van der Waals surface area contributed by atoms with E-state index in [1.807, 2.05) is 24.0 Å². The summed E-state index contributed by atoms with van der Waals surface area (Å²) in [6.07, 6.45) is 3.16. The van der Waals surface area contributed by atoms with E-state index < -0.39 is 5.54 Å². The molecule has 2 fully saturated rings. The van der Waals surface area contributed by atoms with Crippen LogP contribution in [0.25, 0.3) is 11.0 Å². The van der Waals surface area contributed by atoms with Gasteiger partial charge in [0.1, 0.15) is 11.1 Å². The third-order valence-electron chi connectivity index (χ3n) is 6.31. The van der Waals surface area contributed by atoms with E-state index in [4.69, 9.17) is 16.0 Å². The highest BCUT2D eigenvalue weighted by molar-refractivity contribution is 6.32. The Morgan fingerprint density at radius 2 is 1.97 bits per heavy atom. The molecule has 6 nitrogen and oxygen atoms in total. The zero-order chi connectivity index (χ0) is 20.8. The van der Waals surface area contributed by atoms with Gasteiger partial charge in [0.2, 0.25) is 11.8 Å². The van der Waals surface area contributed by atoms with Gasteiger partial charge < -0.3 is 20.0 Å². The Labute approximate surface area is 175 Å². The van der Waals surface area contributed by atoms with Gasteiger partial charge in [-0.05, 0) is 42.9 Å². The summed E-state index contributed by atoms with van der Waals surface area (Å²) in [6.45, 7) is 8.78. The molecule has 3 heterocycles. The average molecular weight is 418 g/mol. The van der Waals surface area contributed by atoms with Crippen LogP contribution in [-0.4, -0.2) is 48.4 Å². The Kier molecular flexibility index (Phi) is 5.11. The molecule has 2 N–H and O–H groups in total. The highest BCUT2D eigenvalue weighted by atomic mass is 35.5. The number of halogens is 1. The summed E-state index contributed by atoms with van der Waals surface area (Å²) >= 11 is 6.25. The molecule has 7 heteroatoms. The van der Waals surface area contributed by atoms with Crippen molar-refractivity contribution in [2.75, 3.05) is 26.2 Å². The van der Waals surface area contributed by atoms with Gasteiger partial charge in [0, 0.05) is 42.2 Å². The van der Waals surface area contributed by atoms with Crippen molar-refractivity contribution in [3.8, 4) is 0 Å². The molecule has 0 radical (unpaired) electrons. The highest BCUT2D eigenvalue weighted by Crippen LogP contribution is 2.30. The summed E-state index contributed by atoms with van der Waals surface area (Å²) in [5.74, 6) is 0.106. The van der Waals surface area contributed by atoms with Gasteiger partial charge >= 0.3 is 0 Å². The third kappa shape index (κ3) is 3.88. The Morgan fingerprint density at radius 1 is 1.24 bits per heavy atom. The highest BCUT2D eigenvalue weighted by Gasteiger charge is 2.44. The molecule has 0 aliphatic carbocycles. The Morgan fingerprint density at radius 3 is 2.69 bits per heavy atom. The van der Waals surface area contributed by atoms with Crippen molar-refractivity contribution in [1.29, 1.82) is 0 Å². The van der Waals surface area contributed by atoms with Gasteiger partial charge in [-0.2, -0.15) is 0 Å². The number of furan rings is 1. The standard InChI is InChI=1S/C22H28ClN3O3/c1-14-8-18-16(10-17(14)23)15(11-29-18)9-19(27)26-6-4-22(5-7-26)20(28)24-12-21(2,3)13-25-22/h8,10-11,25H,4-7,9,12-13H2,1-3H3,(H,24,28). The number of aryl methyl sites for hydroxylation is 1. The number of rotatable bonds is 2. The van der Waals surface area contributed by atoms with Crippen molar-refractivity contribution >= 4 is 34.4 Å². The lowest BCUT2D eigenvalue weighted by atomic mass is 9.86. The van der Waals surface area contributed by atoms with Gasteiger partial charge in [-0.15, -0.1) is 0 Å². The molecule has 1 aromatic carbocycles. The predicted molar refractivity (Wildman–Crippen MR) is 113 cm³/mol. The monoisotopic (exact) mass is 417 g/mol. The number of likely N-dealkylation sites (tertiary alicyclic amines) is 1. The molecule has 0 unspecified atom stereocenters. The van der Waals surface area contributed by atoms with Crippen LogP contribution in [0.3, 0.4) is 0 Å². The van der Waals surface area contributed by atoms with E-state index in [0.29, 0.717) is 37.5 Å². The maximum atomic E-state index is 12.9.